The maximum absolute atomic E-state index is 12.7. The van der Waals surface area contributed by atoms with E-state index < -0.39 is 6.61 Å². The maximum atomic E-state index is 12.7. The van der Waals surface area contributed by atoms with Crippen LogP contribution in [-0.4, -0.2) is 31.2 Å². The van der Waals surface area contributed by atoms with Gasteiger partial charge in [0.2, 0.25) is 5.91 Å². The third-order valence-corrected chi connectivity index (χ3v) is 5.53. The summed E-state index contributed by atoms with van der Waals surface area (Å²) in [7, 11) is 1.62. The number of benzene rings is 3. The maximum Gasteiger partial charge on any atom is 0.387 e. The van der Waals surface area contributed by atoms with E-state index in [0.717, 1.165) is 27.8 Å². The van der Waals surface area contributed by atoms with Crippen LogP contribution in [0.5, 0.6) is 11.5 Å². The Balaban J connectivity index is 1.50. The average Bonchev–Trinajstić information content (AvgIpc) is 3.25. The lowest BCUT2D eigenvalue weighted by Crippen LogP contribution is -2.30. The van der Waals surface area contributed by atoms with Crippen LogP contribution in [-0.2, 0) is 11.2 Å². The Morgan fingerprint density at radius 2 is 1.67 bits per heavy atom. The third-order valence-electron chi connectivity index (χ3n) is 5.53. The zero-order chi connectivity index (χ0) is 23.2. The number of carbonyl (C=O) groups excluding carboxylic acids is 1. The number of para-hydroxylation sites is 1. The number of hydrogen-bond acceptors (Lipinski definition) is 3. The first-order valence-corrected chi connectivity index (χ1v) is 10.5. The fourth-order valence-electron chi connectivity index (χ4n) is 3.88. The number of hydrogen-bond donors (Lipinski definition) is 2. The lowest BCUT2D eigenvalue weighted by atomic mass is 9.90. The molecule has 0 saturated carbocycles. The molecule has 1 unspecified atom stereocenters. The van der Waals surface area contributed by atoms with Crippen LogP contribution in [0.15, 0.2) is 79.0 Å². The highest BCUT2D eigenvalue weighted by molar-refractivity contribution is 5.84. The van der Waals surface area contributed by atoms with Gasteiger partial charge in [-0.15, -0.1) is 0 Å². The smallest absolute Gasteiger partial charge is 0.387 e. The van der Waals surface area contributed by atoms with Crippen molar-refractivity contribution in [3.8, 4) is 11.5 Å². The molecule has 1 heterocycles. The fraction of sp³-hybridized carbons (Fsp3) is 0.192. The minimum absolute atomic E-state index is 0.0630. The molecule has 0 saturated heterocycles. The zero-order valence-electron chi connectivity index (χ0n) is 18.1. The van der Waals surface area contributed by atoms with Crippen molar-refractivity contribution >= 4 is 16.8 Å². The molecule has 0 aliphatic heterocycles. The topological polar surface area (TPSA) is 63.4 Å². The molecule has 5 nitrogen and oxygen atoms in total. The van der Waals surface area contributed by atoms with Crippen molar-refractivity contribution in [1.29, 1.82) is 0 Å². The van der Waals surface area contributed by atoms with Crippen molar-refractivity contribution in [2.24, 2.45) is 0 Å². The number of amides is 1. The first kappa shape index (κ1) is 22.3. The first-order valence-electron chi connectivity index (χ1n) is 10.5. The van der Waals surface area contributed by atoms with E-state index in [1.54, 1.807) is 19.2 Å². The Bertz CT molecular complexity index is 1200. The monoisotopic (exact) mass is 450 g/mol. The third kappa shape index (κ3) is 5.49. The Morgan fingerprint density at radius 3 is 2.36 bits per heavy atom. The molecule has 4 aromatic rings. The summed E-state index contributed by atoms with van der Waals surface area (Å²) in [5.41, 5.74) is 3.88. The van der Waals surface area contributed by atoms with Gasteiger partial charge in [-0.2, -0.15) is 8.78 Å². The average molecular weight is 450 g/mol. The number of methoxy groups -OCH3 is 1. The van der Waals surface area contributed by atoms with Crippen LogP contribution >= 0.6 is 0 Å². The highest BCUT2D eigenvalue weighted by atomic mass is 19.3. The summed E-state index contributed by atoms with van der Waals surface area (Å²) in [4.78, 5) is 16.0. The number of aromatic amines is 1. The van der Waals surface area contributed by atoms with E-state index in [2.05, 4.69) is 21.1 Å². The van der Waals surface area contributed by atoms with E-state index >= 15 is 0 Å². The Morgan fingerprint density at radius 1 is 0.970 bits per heavy atom. The van der Waals surface area contributed by atoms with Crippen LogP contribution in [0, 0.1) is 0 Å². The Hall–Kier alpha value is -3.87. The summed E-state index contributed by atoms with van der Waals surface area (Å²) >= 11 is 0. The number of alkyl halides is 2. The van der Waals surface area contributed by atoms with Crippen LogP contribution in [0.4, 0.5) is 8.78 Å². The van der Waals surface area contributed by atoms with Crippen molar-refractivity contribution in [2.75, 3.05) is 13.7 Å². The molecule has 1 amide bonds. The van der Waals surface area contributed by atoms with Crippen LogP contribution in [0.3, 0.4) is 0 Å². The molecule has 1 atom stereocenters. The van der Waals surface area contributed by atoms with Crippen molar-refractivity contribution < 1.29 is 23.0 Å². The molecule has 2 N–H and O–H groups in total. The van der Waals surface area contributed by atoms with E-state index in [-0.39, 0.29) is 24.0 Å². The summed E-state index contributed by atoms with van der Waals surface area (Å²) < 4.78 is 34.2. The van der Waals surface area contributed by atoms with Gasteiger partial charge >= 0.3 is 6.61 Å². The molecule has 33 heavy (non-hydrogen) atoms. The second kappa shape index (κ2) is 10.2. The number of nitrogens with one attached hydrogen (secondary N) is 2. The largest absolute Gasteiger partial charge is 0.497 e. The summed E-state index contributed by atoms with van der Waals surface area (Å²) in [5.74, 6) is 0.599. The number of aromatic nitrogens is 1. The van der Waals surface area contributed by atoms with Crippen LogP contribution < -0.4 is 14.8 Å². The van der Waals surface area contributed by atoms with Crippen LogP contribution in [0.2, 0.25) is 0 Å². The number of ether oxygens (including phenoxy) is 2. The van der Waals surface area contributed by atoms with Crippen LogP contribution in [0.1, 0.15) is 22.6 Å². The molecule has 170 valence electrons. The normalized spacial score (nSPS) is 12.0. The van der Waals surface area contributed by atoms with Gasteiger partial charge in [-0.05, 0) is 47.0 Å². The summed E-state index contributed by atoms with van der Waals surface area (Å²) in [6.45, 7) is -2.47. The fourth-order valence-corrected chi connectivity index (χ4v) is 3.88. The summed E-state index contributed by atoms with van der Waals surface area (Å²) in [6.07, 6.45) is 2.12. The number of halogens is 2. The van der Waals surface area contributed by atoms with Gasteiger partial charge in [0.15, 0.2) is 0 Å². The first-order chi connectivity index (χ1) is 16.0. The molecule has 0 aliphatic rings. The van der Waals surface area contributed by atoms with Gasteiger partial charge in [0.05, 0.1) is 13.5 Å². The van der Waals surface area contributed by atoms with Gasteiger partial charge in [-0.3, -0.25) is 4.79 Å². The van der Waals surface area contributed by atoms with E-state index in [1.165, 1.54) is 12.1 Å². The van der Waals surface area contributed by atoms with E-state index in [0.29, 0.717) is 12.1 Å². The van der Waals surface area contributed by atoms with E-state index in [1.807, 2.05) is 48.7 Å². The molecule has 0 fully saturated rings. The second-order valence-electron chi connectivity index (χ2n) is 7.62. The van der Waals surface area contributed by atoms with Gasteiger partial charge in [-0.25, -0.2) is 0 Å². The standard InChI is InChI=1S/C26H24F2N2O3/c1-32-19-12-8-18(9-13-19)22(23-16-29-24-5-3-2-4-21(23)24)15-30-25(31)14-17-6-10-20(11-7-17)33-26(27)28/h2-13,16,22,26,29H,14-15H2,1H3,(H,30,31). The second-order valence-corrected chi connectivity index (χ2v) is 7.62. The van der Waals surface area contributed by atoms with Crippen LogP contribution in [0.25, 0.3) is 10.9 Å². The highest BCUT2D eigenvalue weighted by Crippen LogP contribution is 2.31. The summed E-state index contributed by atoms with van der Waals surface area (Å²) in [6, 6.07) is 21.9. The zero-order valence-corrected chi connectivity index (χ0v) is 18.1. The number of rotatable bonds is 9. The molecule has 1 aromatic heterocycles. The van der Waals surface area contributed by atoms with Gasteiger partial charge in [0.1, 0.15) is 11.5 Å². The Labute approximate surface area is 190 Å². The molecule has 3 aromatic carbocycles. The van der Waals surface area contributed by atoms with Gasteiger partial charge in [-0.1, -0.05) is 42.5 Å². The molecule has 0 aliphatic carbocycles. The number of H-pyrrole nitrogens is 1. The highest BCUT2D eigenvalue weighted by Gasteiger charge is 2.19. The number of carbonyl (C=O) groups is 1. The van der Waals surface area contributed by atoms with Crippen molar-refractivity contribution in [3.05, 3.63) is 95.7 Å². The van der Waals surface area contributed by atoms with Gasteiger partial charge < -0.3 is 19.8 Å². The molecule has 0 radical (unpaired) electrons. The van der Waals surface area contributed by atoms with Crippen molar-refractivity contribution in [1.82, 2.24) is 10.3 Å². The summed E-state index contributed by atoms with van der Waals surface area (Å²) in [5, 5.41) is 4.12. The van der Waals surface area contributed by atoms with Crippen molar-refractivity contribution in [2.45, 2.75) is 19.0 Å². The van der Waals surface area contributed by atoms with E-state index in [9.17, 15) is 13.6 Å². The molecular formula is C26H24F2N2O3. The molecule has 0 bridgehead atoms. The Kier molecular flexibility index (Phi) is 6.88. The van der Waals surface area contributed by atoms with Gasteiger partial charge in [0, 0.05) is 29.6 Å². The number of fused-ring (bicyclic) bond motifs is 1. The predicted octanol–water partition coefficient (Wildman–Crippen LogP) is 5.27. The van der Waals surface area contributed by atoms with Crippen molar-refractivity contribution in [3.63, 3.8) is 0 Å². The minimum atomic E-state index is -2.88. The van der Waals surface area contributed by atoms with E-state index in [4.69, 9.17) is 4.74 Å². The minimum Gasteiger partial charge on any atom is -0.497 e. The lowest BCUT2D eigenvalue weighted by molar-refractivity contribution is -0.120. The lowest BCUT2D eigenvalue weighted by Gasteiger charge is -2.19. The molecule has 4 rings (SSSR count). The predicted molar refractivity (Wildman–Crippen MR) is 123 cm³/mol. The molecule has 7 heteroatoms. The SMILES string of the molecule is COc1ccc(C(CNC(=O)Cc2ccc(OC(F)F)cc2)c2c[nH]c3ccccc23)cc1. The quantitative estimate of drug-likeness (QED) is 0.365. The van der Waals surface area contributed by atoms with Gasteiger partial charge in [0.25, 0.3) is 0 Å². The molecule has 0 spiro atoms. The molecular weight excluding hydrogens is 426 g/mol.